The van der Waals surface area contributed by atoms with Gasteiger partial charge in [-0.3, -0.25) is 9.59 Å². The van der Waals surface area contributed by atoms with E-state index in [0.29, 0.717) is 13.1 Å². The van der Waals surface area contributed by atoms with E-state index in [1.807, 2.05) is 19.9 Å². The topological polar surface area (TPSA) is 87.2 Å². The Morgan fingerprint density at radius 1 is 1.47 bits per heavy atom. The van der Waals surface area contributed by atoms with E-state index in [4.69, 9.17) is 11.0 Å². The smallest absolute Gasteiger partial charge is 0.240 e. The maximum atomic E-state index is 12.1. The average Bonchev–Trinajstić information content (AvgIpc) is 2.29. The average molecular weight is 237 g/mol. The highest BCUT2D eigenvalue weighted by Crippen LogP contribution is 2.20. The molecule has 1 heterocycles. The minimum Gasteiger partial charge on any atom is -0.369 e. The summed E-state index contributed by atoms with van der Waals surface area (Å²) in [5.41, 5.74) is 5.26. The zero-order valence-electron chi connectivity index (χ0n) is 10.3. The maximum absolute atomic E-state index is 12.1. The van der Waals surface area contributed by atoms with Crippen molar-refractivity contribution in [1.29, 1.82) is 5.26 Å². The predicted octanol–water partition coefficient (Wildman–Crippen LogP) is 0.506. The first-order chi connectivity index (χ1) is 7.97. The number of likely N-dealkylation sites (tertiary alicyclic amines) is 1. The number of hydrogen-bond acceptors (Lipinski definition) is 3. The van der Waals surface area contributed by atoms with Gasteiger partial charge in [-0.15, -0.1) is 0 Å². The second-order valence-corrected chi connectivity index (χ2v) is 4.88. The highest BCUT2D eigenvalue weighted by Gasteiger charge is 2.32. The van der Waals surface area contributed by atoms with E-state index in [0.717, 1.165) is 12.8 Å². The first-order valence-electron chi connectivity index (χ1n) is 5.95. The van der Waals surface area contributed by atoms with Crippen molar-refractivity contribution in [3.63, 3.8) is 0 Å². The minimum atomic E-state index is -0.623. The lowest BCUT2D eigenvalue weighted by atomic mass is 9.92. The van der Waals surface area contributed by atoms with E-state index < -0.39 is 5.92 Å². The van der Waals surface area contributed by atoms with Gasteiger partial charge in [-0.05, 0) is 18.8 Å². The summed E-state index contributed by atoms with van der Waals surface area (Å²) in [6.07, 6.45) is 1.51. The number of nitrogens with two attached hydrogens (primary N) is 1. The quantitative estimate of drug-likeness (QED) is 0.775. The van der Waals surface area contributed by atoms with E-state index in [1.165, 1.54) is 0 Å². The summed E-state index contributed by atoms with van der Waals surface area (Å²) >= 11 is 0. The Kier molecular flexibility index (Phi) is 4.50. The largest absolute Gasteiger partial charge is 0.369 e. The highest BCUT2D eigenvalue weighted by molar-refractivity contribution is 5.83. The number of nitrogens with zero attached hydrogens (tertiary/aromatic N) is 2. The Balaban J connectivity index is 2.69. The highest BCUT2D eigenvalue weighted by atomic mass is 16.2. The van der Waals surface area contributed by atoms with Crippen LogP contribution >= 0.6 is 0 Å². The van der Waals surface area contributed by atoms with Gasteiger partial charge in [0.25, 0.3) is 0 Å². The molecule has 94 valence electrons. The van der Waals surface area contributed by atoms with E-state index in [1.54, 1.807) is 4.90 Å². The molecule has 2 N–H and O–H groups in total. The first kappa shape index (κ1) is 13.5. The van der Waals surface area contributed by atoms with Crippen LogP contribution in [0.2, 0.25) is 0 Å². The van der Waals surface area contributed by atoms with Crippen LogP contribution in [0.4, 0.5) is 0 Å². The van der Waals surface area contributed by atoms with Gasteiger partial charge >= 0.3 is 0 Å². The number of carbonyl (C=O) groups is 2. The molecule has 5 nitrogen and oxygen atoms in total. The number of primary amides is 1. The zero-order valence-corrected chi connectivity index (χ0v) is 10.3. The van der Waals surface area contributed by atoms with Crippen molar-refractivity contribution in [1.82, 2.24) is 4.90 Å². The van der Waals surface area contributed by atoms with Crippen molar-refractivity contribution in [3.05, 3.63) is 0 Å². The second kappa shape index (κ2) is 5.67. The summed E-state index contributed by atoms with van der Waals surface area (Å²) in [7, 11) is 0. The van der Waals surface area contributed by atoms with E-state index in [2.05, 4.69) is 0 Å². The van der Waals surface area contributed by atoms with E-state index in [9.17, 15) is 9.59 Å². The molecule has 1 aliphatic heterocycles. The summed E-state index contributed by atoms with van der Waals surface area (Å²) in [5, 5.41) is 8.98. The van der Waals surface area contributed by atoms with Gasteiger partial charge < -0.3 is 10.6 Å². The van der Waals surface area contributed by atoms with Crippen molar-refractivity contribution in [3.8, 4) is 6.07 Å². The van der Waals surface area contributed by atoms with Crippen LogP contribution in [-0.2, 0) is 9.59 Å². The Morgan fingerprint density at radius 3 is 2.59 bits per heavy atom. The van der Waals surface area contributed by atoms with Crippen molar-refractivity contribution in [2.75, 3.05) is 13.1 Å². The summed E-state index contributed by atoms with van der Waals surface area (Å²) in [5.74, 6) is -1.43. The fraction of sp³-hybridized carbons (Fsp3) is 0.750. The normalized spacial score (nSPS) is 22.0. The summed E-state index contributed by atoms with van der Waals surface area (Å²) in [6.45, 7) is 4.68. The summed E-state index contributed by atoms with van der Waals surface area (Å²) in [4.78, 5) is 24.8. The Morgan fingerprint density at radius 2 is 2.12 bits per heavy atom. The molecule has 1 fully saturated rings. The van der Waals surface area contributed by atoms with Crippen LogP contribution in [0.25, 0.3) is 0 Å². The van der Waals surface area contributed by atoms with Gasteiger partial charge in [0, 0.05) is 13.1 Å². The molecule has 0 radical (unpaired) electrons. The minimum absolute atomic E-state index is 0.0125. The SMILES string of the molecule is CC(C)C(C#N)C(=O)N1CCCC(C(N)=O)C1. The monoisotopic (exact) mass is 237 g/mol. The molecule has 5 heteroatoms. The molecule has 0 spiro atoms. The first-order valence-corrected chi connectivity index (χ1v) is 5.95. The van der Waals surface area contributed by atoms with Crippen LogP contribution in [0.1, 0.15) is 26.7 Å². The third-order valence-corrected chi connectivity index (χ3v) is 3.21. The molecule has 2 amide bonds. The van der Waals surface area contributed by atoms with Gasteiger partial charge in [0.2, 0.25) is 11.8 Å². The molecule has 17 heavy (non-hydrogen) atoms. The van der Waals surface area contributed by atoms with E-state index in [-0.39, 0.29) is 23.7 Å². The predicted molar refractivity (Wildman–Crippen MR) is 62.4 cm³/mol. The van der Waals surface area contributed by atoms with Gasteiger partial charge in [0.15, 0.2) is 0 Å². The van der Waals surface area contributed by atoms with Crippen molar-refractivity contribution in [2.24, 2.45) is 23.5 Å². The maximum Gasteiger partial charge on any atom is 0.240 e. The molecular formula is C12H19N3O2. The second-order valence-electron chi connectivity index (χ2n) is 4.88. The lowest BCUT2D eigenvalue weighted by Crippen LogP contribution is -2.46. The lowest BCUT2D eigenvalue weighted by Gasteiger charge is -2.33. The molecule has 2 atom stereocenters. The van der Waals surface area contributed by atoms with Crippen LogP contribution in [0, 0.1) is 29.1 Å². The van der Waals surface area contributed by atoms with Crippen LogP contribution < -0.4 is 5.73 Å². The van der Waals surface area contributed by atoms with E-state index >= 15 is 0 Å². The van der Waals surface area contributed by atoms with Gasteiger partial charge in [-0.2, -0.15) is 5.26 Å². The zero-order chi connectivity index (χ0) is 13.0. The molecule has 1 aliphatic rings. The molecule has 0 aromatic carbocycles. The van der Waals surface area contributed by atoms with Gasteiger partial charge in [0.05, 0.1) is 12.0 Å². The third-order valence-electron chi connectivity index (χ3n) is 3.21. The summed E-state index contributed by atoms with van der Waals surface area (Å²) in [6, 6.07) is 2.04. The Labute approximate surface area is 102 Å². The summed E-state index contributed by atoms with van der Waals surface area (Å²) < 4.78 is 0. The molecule has 0 bridgehead atoms. The van der Waals surface area contributed by atoms with Crippen LogP contribution in [0.3, 0.4) is 0 Å². The van der Waals surface area contributed by atoms with Gasteiger partial charge in [0.1, 0.15) is 5.92 Å². The fourth-order valence-electron chi connectivity index (χ4n) is 2.10. The Hall–Kier alpha value is -1.57. The lowest BCUT2D eigenvalue weighted by molar-refractivity contribution is -0.138. The van der Waals surface area contributed by atoms with Crippen LogP contribution in [0.5, 0.6) is 0 Å². The fourth-order valence-corrected chi connectivity index (χ4v) is 2.10. The molecule has 0 aliphatic carbocycles. The molecule has 2 unspecified atom stereocenters. The number of nitriles is 1. The number of carbonyl (C=O) groups excluding carboxylic acids is 2. The van der Waals surface area contributed by atoms with Gasteiger partial charge in [-0.25, -0.2) is 0 Å². The number of rotatable bonds is 3. The van der Waals surface area contributed by atoms with Crippen LogP contribution in [0.15, 0.2) is 0 Å². The van der Waals surface area contributed by atoms with Crippen molar-refractivity contribution < 1.29 is 9.59 Å². The Bertz CT molecular complexity index is 346. The number of hydrogen-bond donors (Lipinski definition) is 1. The molecule has 0 aromatic rings. The van der Waals surface area contributed by atoms with Crippen molar-refractivity contribution in [2.45, 2.75) is 26.7 Å². The standard InChI is InChI=1S/C12H19N3O2/c1-8(2)10(6-13)12(17)15-5-3-4-9(7-15)11(14)16/h8-10H,3-5,7H2,1-2H3,(H2,14,16). The molecule has 0 saturated carbocycles. The van der Waals surface area contributed by atoms with Gasteiger partial charge in [-0.1, -0.05) is 13.8 Å². The number of amides is 2. The molecule has 1 saturated heterocycles. The molecule has 0 aromatic heterocycles. The van der Waals surface area contributed by atoms with Crippen molar-refractivity contribution >= 4 is 11.8 Å². The molecule has 1 rings (SSSR count). The number of piperidine rings is 1. The third kappa shape index (κ3) is 3.19. The van der Waals surface area contributed by atoms with Crippen LogP contribution in [-0.4, -0.2) is 29.8 Å². The molecular weight excluding hydrogens is 218 g/mol.